The van der Waals surface area contributed by atoms with Crippen LogP contribution in [0.25, 0.3) is 0 Å². The van der Waals surface area contributed by atoms with Gasteiger partial charge in [-0.25, -0.2) is 13.6 Å². The van der Waals surface area contributed by atoms with E-state index in [4.69, 9.17) is 14.0 Å². The molecule has 2 aromatic heterocycles. The van der Waals surface area contributed by atoms with Crippen molar-refractivity contribution in [1.29, 1.82) is 0 Å². The van der Waals surface area contributed by atoms with Gasteiger partial charge in [0.15, 0.2) is 18.1 Å². The number of hydrogen-bond donors (Lipinski definition) is 3. The Balaban J connectivity index is 1.62. The fraction of sp³-hybridized carbons (Fsp3) is 0.250. The Bertz CT molecular complexity index is 977. The molecular formula is C20H24N3O5S+. The Labute approximate surface area is 169 Å². The third-order valence-corrected chi connectivity index (χ3v) is 5.43. The van der Waals surface area contributed by atoms with Crippen LogP contribution in [0.4, 0.5) is 0 Å². The first kappa shape index (κ1) is 20.8. The van der Waals surface area contributed by atoms with Crippen molar-refractivity contribution in [2.45, 2.75) is 31.0 Å². The molecule has 0 bridgehead atoms. The molecule has 154 valence electrons. The van der Waals surface area contributed by atoms with E-state index >= 15 is 0 Å². The van der Waals surface area contributed by atoms with Crippen molar-refractivity contribution in [3.63, 3.8) is 0 Å². The van der Waals surface area contributed by atoms with E-state index in [2.05, 4.69) is 5.32 Å². The molecule has 0 aliphatic carbocycles. The fourth-order valence-corrected chi connectivity index (χ4v) is 3.57. The molecule has 1 amide bonds. The first-order chi connectivity index (χ1) is 13.8. The topological polar surface area (TPSA) is 120 Å². The highest BCUT2D eigenvalue weighted by atomic mass is 32.2. The molecule has 9 heteroatoms. The predicted molar refractivity (Wildman–Crippen MR) is 105 cm³/mol. The number of nitrogens with two attached hydrogens (primary N) is 1. The molecule has 0 fully saturated rings. The molecule has 3 aromatic rings. The second-order valence-corrected chi connectivity index (χ2v) is 8.40. The number of primary sulfonamides is 1. The van der Waals surface area contributed by atoms with Crippen molar-refractivity contribution in [3.05, 3.63) is 78.1 Å². The number of quaternary nitrogens is 1. The van der Waals surface area contributed by atoms with E-state index in [-0.39, 0.29) is 23.4 Å². The molecule has 0 spiro atoms. The summed E-state index contributed by atoms with van der Waals surface area (Å²) in [4.78, 5) is 13.6. The van der Waals surface area contributed by atoms with Gasteiger partial charge in [0.05, 0.1) is 23.5 Å². The van der Waals surface area contributed by atoms with Gasteiger partial charge in [-0.1, -0.05) is 12.1 Å². The van der Waals surface area contributed by atoms with Crippen molar-refractivity contribution < 1.29 is 26.9 Å². The summed E-state index contributed by atoms with van der Waals surface area (Å²) in [7, 11) is -3.74. The van der Waals surface area contributed by atoms with Crippen LogP contribution < -0.4 is 15.4 Å². The summed E-state index contributed by atoms with van der Waals surface area (Å²) < 4.78 is 33.6. The van der Waals surface area contributed by atoms with Crippen molar-refractivity contribution in [2.24, 2.45) is 5.14 Å². The number of sulfonamides is 1. The molecule has 29 heavy (non-hydrogen) atoms. The smallest absolute Gasteiger partial charge is 0.275 e. The summed E-state index contributed by atoms with van der Waals surface area (Å²) >= 11 is 0. The number of furan rings is 2. The van der Waals surface area contributed by atoms with Crippen molar-refractivity contribution in [3.8, 4) is 0 Å². The average molecular weight is 418 g/mol. The Morgan fingerprint density at radius 2 is 1.59 bits per heavy atom. The minimum absolute atomic E-state index is 0.0345. The van der Waals surface area contributed by atoms with Crippen LogP contribution in [0.5, 0.6) is 0 Å². The van der Waals surface area contributed by atoms with Crippen LogP contribution in [-0.2, 0) is 27.9 Å². The third kappa shape index (κ3) is 6.05. The monoisotopic (exact) mass is 418 g/mol. The molecule has 0 unspecified atom stereocenters. The van der Waals surface area contributed by atoms with Gasteiger partial charge in [-0.05, 0) is 48.9 Å². The molecular weight excluding hydrogens is 394 g/mol. The van der Waals surface area contributed by atoms with Gasteiger partial charge in [-0.2, -0.15) is 0 Å². The number of benzene rings is 1. The number of amides is 1. The summed E-state index contributed by atoms with van der Waals surface area (Å²) in [5.41, 5.74) is 0.782. The number of nitrogens with one attached hydrogen (secondary N) is 2. The number of carbonyl (C=O) groups is 1. The first-order valence-corrected chi connectivity index (χ1v) is 10.7. The second-order valence-electron chi connectivity index (χ2n) is 6.84. The van der Waals surface area contributed by atoms with Gasteiger partial charge >= 0.3 is 0 Å². The maximum Gasteiger partial charge on any atom is 0.275 e. The van der Waals surface area contributed by atoms with Crippen LogP contribution in [0.15, 0.2) is 74.8 Å². The average Bonchev–Trinajstić information content (AvgIpc) is 3.35. The summed E-state index contributed by atoms with van der Waals surface area (Å²) in [6, 6.07) is 13.2. The SMILES string of the molecule is C[C@@H](NC(=O)C[NH+](Cc1ccco1)Cc1ccco1)c1ccc(S(N)(=O)=O)cc1. The highest BCUT2D eigenvalue weighted by molar-refractivity contribution is 7.89. The molecule has 0 aliphatic heterocycles. The van der Waals surface area contributed by atoms with Crippen LogP contribution in [0.3, 0.4) is 0 Å². The zero-order valence-electron chi connectivity index (χ0n) is 16.0. The zero-order valence-corrected chi connectivity index (χ0v) is 16.8. The zero-order chi connectivity index (χ0) is 20.9. The number of carbonyl (C=O) groups excluding carboxylic acids is 1. The minimum atomic E-state index is -3.74. The van der Waals surface area contributed by atoms with Crippen LogP contribution >= 0.6 is 0 Å². The summed E-state index contributed by atoms with van der Waals surface area (Å²) in [5, 5.41) is 8.06. The van der Waals surface area contributed by atoms with Crippen LogP contribution in [0.2, 0.25) is 0 Å². The van der Waals surface area contributed by atoms with Gasteiger partial charge in [0.2, 0.25) is 10.0 Å². The van der Waals surface area contributed by atoms with E-state index in [1.54, 1.807) is 24.7 Å². The standard InChI is InChI=1S/C20H23N3O5S/c1-15(16-6-8-19(9-7-16)29(21,25)26)22-20(24)14-23(12-17-4-2-10-27-17)13-18-5-3-11-28-18/h2-11,15H,12-14H2,1H3,(H,22,24)(H2,21,25,26)/p+1/t15-/m1/s1. The van der Waals surface area contributed by atoms with E-state index in [9.17, 15) is 13.2 Å². The van der Waals surface area contributed by atoms with Gasteiger partial charge in [0, 0.05) is 0 Å². The molecule has 1 aromatic carbocycles. The lowest BCUT2D eigenvalue weighted by Crippen LogP contribution is -3.10. The minimum Gasteiger partial charge on any atom is -0.463 e. The molecule has 2 heterocycles. The summed E-state index contributed by atoms with van der Waals surface area (Å²) in [6.45, 7) is 3.14. The van der Waals surface area contributed by atoms with Crippen molar-refractivity contribution >= 4 is 15.9 Å². The first-order valence-electron chi connectivity index (χ1n) is 9.12. The van der Waals surface area contributed by atoms with Gasteiger partial charge < -0.3 is 19.1 Å². The maximum atomic E-state index is 12.6. The van der Waals surface area contributed by atoms with Crippen molar-refractivity contribution in [1.82, 2.24) is 5.32 Å². The van der Waals surface area contributed by atoms with E-state index in [0.29, 0.717) is 13.1 Å². The Morgan fingerprint density at radius 3 is 2.03 bits per heavy atom. The highest BCUT2D eigenvalue weighted by Crippen LogP contribution is 2.15. The van der Waals surface area contributed by atoms with Crippen LogP contribution in [0.1, 0.15) is 30.0 Å². The largest absolute Gasteiger partial charge is 0.463 e. The highest BCUT2D eigenvalue weighted by Gasteiger charge is 2.20. The molecule has 1 atom stereocenters. The van der Waals surface area contributed by atoms with Crippen LogP contribution in [-0.4, -0.2) is 20.9 Å². The molecule has 0 saturated heterocycles. The van der Waals surface area contributed by atoms with Gasteiger partial charge in [0.25, 0.3) is 5.91 Å². The maximum absolute atomic E-state index is 12.6. The lowest BCUT2D eigenvalue weighted by Gasteiger charge is -2.19. The lowest BCUT2D eigenvalue weighted by atomic mass is 10.1. The second kappa shape index (κ2) is 9.08. The molecule has 0 saturated carbocycles. The van der Waals surface area contributed by atoms with Gasteiger partial charge in [-0.3, -0.25) is 4.79 Å². The Kier molecular flexibility index (Phi) is 6.53. The third-order valence-electron chi connectivity index (χ3n) is 4.51. The van der Waals surface area contributed by atoms with E-state index < -0.39 is 10.0 Å². The van der Waals surface area contributed by atoms with E-state index in [1.165, 1.54) is 12.1 Å². The fourth-order valence-electron chi connectivity index (χ4n) is 3.06. The molecule has 3 rings (SSSR count). The predicted octanol–water partition coefficient (Wildman–Crippen LogP) is 0.983. The summed E-state index contributed by atoms with van der Waals surface area (Å²) in [5.74, 6) is 1.43. The normalized spacial score (nSPS) is 12.8. The summed E-state index contributed by atoms with van der Waals surface area (Å²) in [6.07, 6.45) is 3.21. The number of rotatable bonds is 9. The molecule has 0 aliphatic rings. The molecule has 8 nitrogen and oxygen atoms in total. The van der Waals surface area contributed by atoms with Gasteiger partial charge in [0.1, 0.15) is 13.1 Å². The Hall–Kier alpha value is -2.88. The quantitative estimate of drug-likeness (QED) is 0.479. The Morgan fingerprint density at radius 1 is 1.03 bits per heavy atom. The molecule has 4 N–H and O–H groups in total. The molecule has 0 radical (unpaired) electrons. The van der Waals surface area contributed by atoms with Crippen molar-refractivity contribution in [2.75, 3.05) is 6.54 Å². The van der Waals surface area contributed by atoms with Crippen LogP contribution in [0, 0.1) is 0 Å². The van der Waals surface area contributed by atoms with Gasteiger partial charge in [-0.15, -0.1) is 0 Å². The van der Waals surface area contributed by atoms with E-state index in [1.807, 2.05) is 31.2 Å². The lowest BCUT2D eigenvalue weighted by molar-refractivity contribution is -0.921. The number of hydrogen-bond acceptors (Lipinski definition) is 5. The van der Waals surface area contributed by atoms with E-state index in [0.717, 1.165) is 22.0 Å².